The third-order valence-electron chi connectivity index (χ3n) is 1.71. The molecular weight excluding hydrogens is 175 g/mol. The van der Waals surface area contributed by atoms with Crippen molar-refractivity contribution in [1.82, 2.24) is 0 Å². The summed E-state index contributed by atoms with van der Waals surface area (Å²) in [6.45, 7) is -0.376. The highest BCUT2D eigenvalue weighted by Gasteiger charge is 2.10. The summed E-state index contributed by atoms with van der Waals surface area (Å²) < 4.78 is 22.9. The van der Waals surface area contributed by atoms with Gasteiger partial charge >= 0.3 is 0 Å². The van der Waals surface area contributed by atoms with Crippen molar-refractivity contribution in [2.24, 2.45) is 0 Å². The summed E-state index contributed by atoms with van der Waals surface area (Å²) >= 11 is 0. The van der Waals surface area contributed by atoms with E-state index in [0.717, 1.165) is 0 Å². The zero-order valence-corrected chi connectivity index (χ0v) is 7.50. The van der Waals surface area contributed by atoms with Gasteiger partial charge in [0.15, 0.2) is 11.6 Å². The normalized spacial score (nSPS) is 9.85. The Balaban J connectivity index is 3.20. The van der Waals surface area contributed by atoms with Crippen molar-refractivity contribution < 1.29 is 19.0 Å². The molecule has 0 aliphatic rings. The molecule has 13 heavy (non-hydrogen) atoms. The molecule has 0 bridgehead atoms. The molecule has 0 aromatic heterocycles. The van der Waals surface area contributed by atoms with Crippen molar-refractivity contribution in [1.29, 1.82) is 0 Å². The standard InChI is InChI=1S/C9H11FO3/c1-12-7-3-6(5-11)9(10)8(4-7)13-2/h3-4,11H,5H2,1-2H3. The maximum absolute atomic E-state index is 13.2. The first-order valence-corrected chi connectivity index (χ1v) is 3.74. The smallest absolute Gasteiger partial charge is 0.170 e. The lowest BCUT2D eigenvalue weighted by molar-refractivity contribution is 0.271. The van der Waals surface area contributed by atoms with E-state index in [0.29, 0.717) is 5.75 Å². The monoisotopic (exact) mass is 186 g/mol. The summed E-state index contributed by atoms with van der Waals surface area (Å²) in [6, 6.07) is 2.85. The Bertz CT molecular complexity index is 274. The quantitative estimate of drug-likeness (QED) is 0.774. The Morgan fingerprint density at radius 3 is 2.46 bits per heavy atom. The van der Waals surface area contributed by atoms with E-state index >= 15 is 0 Å². The van der Waals surface area contributed by atoms with E-state index in [9.17, 15) is 4.39 Å². The summed E-state index contributed by atoms with van der Waals surface area (Å²) in [5.74, 6) is -0.0171. The molecule has 1 aromatic carbocycles. The van der Waals surface area contributed by atoms with Crippen LogP contribution in [0.15, 0.2) is 12.1 Å². The summed E-state index contributed by atoms with van der Waals surface area (Å²) in [4.78, 5) is 0. The second kappa shape index (κ2) is 4.09. The molecule has 0 heterocycles. The van der Waals surface area contributed by atoms with E-state index in [-0.39, 0.29) is 17.9 Å². The second-order valence-corrected chi connectivity index (χ2v) is 2.46. The molecule has 72 valence electrons. The molecule has 3 nitrogen and oxygen atoms in total. The number of halogens is 1. The molecule has 0 atom stereocenters. The number of ether oxygens (including phenoxy) is 2. The molecule has 0 radical (unpaired) electrons. The van der Waals surface area contributed by atoms with Crippen LogP contribution in [0.2, 0.25) is 0 Å². The van der Waals surface area contributed by atoms with Crippen LogP contribution in [-0.4, -0.2) is 19.3 Å². The van der Waals surface area contributed by atoms with E-state index in [2.05, 4.69) is 0 Å². The van der Waals surface area contributed by atoms with Crippen molar-refractivity contribution in [3.8, 4) is 11.5 Å². The van der Waals surface area contributed by atoms with Crippen molar-refractivity contribution in [2.75, 3.05) is 14.2 Å². The largest absolute Gasteiger partial charge is 0.497 e. The van der Waals surface area contributed by atoms with Gasteiger partial charge in [-0.1, -0.05) is 0 Å². The lowest BCUT2D eigenvalue weighted by Gasteiger charge is -2.08. The molecule has 0 amide bonds. The number of hydrogen-bond donors (Lipinski definition) is 1. The third kappa shape index (κ3) is 1.89. The van der Waals surface area contributed by atoms with E-state index in [1.54, 1.807) is 0 Å². The highest BCUT2D eigenvalue weighted by molar-refractivity contribution is 5.39. The molecule has 1 rings (SSSR count). The molecule has 4 heteroatoms. The lowest BCUT2D eigenvalue weighted by Crippen LogP contribution is -1.96. The van der Waals surface area contributed by atoms with E-state index < -0.39 is 5.82 Å². The number of hydrogen-bond acceptors (Lipinski definition) is 3. The fourth-order valence-electron chi connectivity index (χ4n) is 1.01. The topological polar surface area (TPSA) is 38.7 Å². The van der Waals surface area contributed by atoms with Gasteiger partial charge in [0.1, 0.15) is 5.75 Å². The average molecular weight is 186 g/mol. The molecule has 0 aliphatic heterocycles. The fraction of sp³-hybridized carbons (Fsp3) is 0.333. The van der Waals surface area contributed by atoms with Crippen LogP contribution in [-0.2, 0) is 6.61 Å². The minimum Gasteiger partial charge on any atom is -0.497 e. The van der Waals surface area contributed by atoms with Crippen molar-refractivity contribution in [3.63, 3.8) is 0 Å². The van der Waals surface area contributed by atoms with Gasteiger partial charge in [-0.2, -0.15) is 0 Å². The molecule has 0 unspecified atom stereocenters. The molecule has 0 saturated heterocycles. The first-order chi connectivity index (χ1) is 6.22. The Morgan fingerprint density at radius 2 is 2.00 bits per heavy atom. The van der Waals surface area contributed by atoms with Crippen molar-refractivity contribution >= 4 is 0 Å². The van der Waals surface area contributed by atoms with Crippen LogP contribution in [0.4, 0.5) is 4.39 Å². The van der Waals surface area contributed by atoms with Gasteiger partial charge in [0, 0.05) is 11.6 Å². The summed E-state index contributed by atoms with van der Waals surface area (Å²) in [5, 5.41) is 8.81. The maximum atomic E-state index is 13.2. The molecule has 0 fully saturated rings. The number of aliphatic hydroxyl groups is 1. The van der Waals surface area contributed by atoms with Gasteiger partial charge in [-0.15, -0.1) is 0 Å². The lowest BCUT2D eigenvalue weighted by atomic mass is 10.2. The van der Waals surface area contributed by atoms with E-state index in [4.69, 9.17) is 14.6 Å². The van der Waals surface area contributed by atoms with Crippen LogP contribution in [0.25, 0.3) is 0 Å². The maximum Gasteiger partial charge on any atom is 0.170 e. The SMILES string of the molecule is COc1cc(CO)c(F)c(OC)c1. The van der Waals surface area contributed by atoms with Crippen LogP contribution in [0.3, 0.4) is 0 Å². The van der Waals surface area contributed by atoms with Gasteiger partial charge in [0.25, 0.3) is 0 Å². The first-order valence-electron chi connectivity index (χ1n) is 3.74. The number of benzene rings is 1. The summed E-state index contributed by atoms with van der Waals surface area (Å²) in [7, 11) is 2.83. The van der Waals surface area contributed by atoms with Crippen molar-refractivity contribution in [2.45, 2.75) is 6.61 Å². The first kappa shape index (κ1) is 9.80. The Hall–Kier alpha value is -1.29. The molecule has 0 saturated carbocycles. The van der Waals surface area contributed by atoms with Gasteiger partial charge in [-0.05, 0) is 6.07 Å². The van der Waals surface area contributed by atoms with E-state index in [1.807, 2.05) is 0 Å². The number of aliphatic hydroxyl groups excluding tert-OH is 1. The van der Waals surface area contributed by atoms with Gasteiger partial charge in [-0.3, -0.25) is 0 Å². The zero-order chi connectivity index (χ0) is 9.84. The highest BCUT2D eigenvalue weighted by atomic mass is 19.1. The van der Waals surface area contributed by atoms with Crippen LogP contribution in [0.1, 0.15) is 5.56 Å². The molecule has 1 N–H and O–H groups in total. The van der Waals surface area contributed by atoms with Crippen LogP contribution in [0.5, 0.6) is 11.5 Å². The van der Waals surface area contributed by atoms with Crippen molar-refractivity contribution in [3.05, 3.63) is 23.5 Å². The molecule has 0 aliphatic carbocycles. The number of rotatable bonds is 3. The third-order valence-corrected chi connectivity index (χ3v) is 1.71. The zero-order valence-electron chi connectivity index (χ0n) is 7.50. The highest BCUT2D eigenvalue weighted by Crippen LogP contribution is 2.26. The minimum atomic E-state index is -0.550. The van der Waals surface area contributed by atoms with Crippen LogP contribution in [0, 0.1) is 5.82 Å². The Morgan fingerprint density at radius 1 is 1.31 bits per heavy atom. The van der Waals surface area contributed by atoms with Gasteiger partial charge in [0.05, 0.1) is 20.8 Å². The molecule has 0 spiro atoms. The van der Waals surface area contributed by atoms with Crippen LogP contribution >= 0.6 is 0 Å². The average Bonchev–Trinajstić information content (AvgIpc) is 2.18. The fourth-order valence-corrected chi connectivity index (χ4v) is 1.01. The van der Waals surface area contributed by atoms with Crippen LogP contribution < -0.4 is 9.47 Å². The van der Waals surface area contributed by atoms with E-state index in [1.165, 1.54) is 26.4 Å². The summed E-state index contributed by atoms with van der Waals surface area (Å²) in [6.07, 6.45) is 0. The molecule has 1 aromatic rings. The predicted molar refractivity (Wildman–Crippen MR) is 45.4 cm³/mol. The Labute approximate surface area is 75.7 Å². The Kier molecular flexibility index (Phi) is 3.08. The predicted octanol–water partition coefficient (Wildman–Crippen LogP) is 1.34. The van der Waals surface area contributed by atoms with Gasteiger partial charge < -0.3 is 14.6 Å². The second-order valence-electron chi connectivity index (χ2n) is 2.46. The minimum absolute atomic E-state index is 0.0726. The summed E-state index contributed by atoms with van der Waals surface area (Å²) in [5.41, 5.74) is 0.163. The molecular formula is C9H11FO3. The van der Waals surface area contributed by atoms with Gasteiger partial charge in [-0.25, -0.2) is 4.39 Å². The van der Waals surface area contributed by atoms with Gasteiger partial charge in [0.2, 0.25) is 0 Å². The number of methoxy groups -OCH3 is 2.